The van der Waals surface area contributed by atoms with Gasteiger partial charge in [-0.3, -0.25) is 0 Å². The molecule has 0 spiro atoms. The molecule has 102 valence electrons. The van der Waals surface area contributed by atoms with E-state index in [-0.39, 0.29) is 0 Å². The summed E-state index contributed by atoms with van der Waals surface area (Å²) in [5, 5.41) is 3.43. The van der Waals surface area contributed by atoms with E-state index in [1.54, 1.807) is 7.11 Å². The van der Waals surface area contributed by atoms with Gasteiger partial charge in [0, 0.05) is 0 Å². The molecule has 3 heteroatoms. The Morgan fingerprint density at radius 2 is 1.89 bits per heavy atom. The number of aryl methyl sites for hydroxylation is 1. The monoisotopic (exact) mass is 250 g/mol. The molecule has 1 aromatic rings. The third kappa shape index (κ3) is 3.72. The largest absolute Gasteiger partial charge is 0.496 e. The summed E-state index contributed by atoms with van der Waals surface area (Å²) in [6, 6.07) is 2.14. The van der Waals surface area contributed by atoms with Gasteiger partial charge in [0.15, 0.2) is 0 Å². The molecule has 0 radical (unpaired) electrons. The predicted octanol–water partition coefficient (Wildman–Crippen LogP) is 2.10. The topological polar surface area (TPSA) is 47.3 Å². The lowest BCUT2D eigenvalue weighted by molar-refractivity contribution is 0.410. The zero-order chi connectivity index (χ0) is 13.5. The van der Waals surface area contributed by atoms with Crippen LogP contribution in [0.5, 0.6) is 5.75 Å². The fourth-order valence-corrected chi connectivity index (χ4v) is 2.26. The second kappa shape index (κ2) is 7.39. The van der Waals surface area contributed by atoms with Gasteiger partial charge in [0.1, 0.15) is 5.75 Å². The zero-order valence-electron chi connectivity index (χ0n) is 12.1. The molecule has 3 N–H and O–H groups in total. The SMILES string of the molecule is COc1cc(C)c(CCNCCCN)c(C)c1C. The van der Waals surface area contributed by atoms with E-state index < -0.39 is 0 Å². The Morgan fingerprint density at radius 1 is 1.17 bits per heavy atom. The van der Waals surface area contributed by atoms with Crippen molar-refractivity contribution in [2.75, 3.05) is 26.7 Å². The van der Waals surface area contributed by atoms with Crippen LogP contribution in [0.4, 0.5) is 0 Å². The Morgan fingerprint density at radius 3 is 2.50 bits per heavy atom. The van der Waals surface area contributed by atoms with Crippen molar-refractivity contribution in [1.29, 1.82) is 0 Å². The van der Waals surface area contributed by atoms with Crippen molar-refractivity contribution in [3.63, 3.8) is 0 Å². The van der Waals surface area contributed by atoms with Crippen LogP contribution in [0.25, 0.3) is 0 Å². The van der Waals surface area contributed by atoms with Gasteiger partial charge in [0.25, 0.3) is 0 Å². The van der Waals surface area contributed by atoms with Crippen LogP contribution in [0.3, 0.4) is 0 Å². The van der Waals surface area contributed by atoms with Gasteiger partial charge in [-0.25, -0.2) is 0 Å². The number of nitrogens with two attached hydrogens (primary N) is 1. The average molecular weight is 250 g/mol. The van der Waals surface area contributed by atoms with E-state index in [1.807, 2.05) is 0 Å². The molecular formula is C15H26N2O. The number of benzene rings is 1. The fraction of sp³-hybridized carbons (Fsp3) is 0.600. The molecule has 0 saturated heterocycles. The molecule has 0 aliphatic rings. The Hall–Kier alpha value is -1.06. The van der Waals surface area contributed by atoms with Gasteiger partial charge in [-0.05, 0) is 81.6 Å². The first-order valence-corrected chi connectivity index (χ1v) is 6.66. The molecule has 0 amide bonds. The second-order valence-corrected chi connectivity index (χ2v) is 4.77. The van der Waals surface area contributed by atoms with Crippen LogP contribution < -0.4 is 15.8 Å². The molecule has 0 aliphatic carbocycles. The summed E-state index contributed by atoms with van der Waals surface area (Å²) < 4.78 is 5.39. The summed E-state index contributed by atoms with van der Waals surface area (Å²) in [4.78, 5) is 0. The van der Waals surface area contributed by atoms with Gasteiger partial charge in [0.2, 0.25) is 0 Å². The third-order valence-electron chi connectivity index (χ3n) is 3.54. The minimum Gasteiger partial charge on any atom is -0.496 e. The van der Waals surface area contributed by atoms with Crippen molar-refractivity contribution < 1.29 is 4.74 Å². The van der Waals surface area contributed by atoms with Crippen LogP contribution in [0.1, 0.15) is 28.7 Å². The molecule has 0 unspecified atom stereocenters. The Balaban J connectivity index is 2.68. The van der Waals surface area contributed by atoms with E-state index in [0.717, 1.165) is 38.2 Å². The van der Waals surface area contributed by atoms with Crippen LogP contribution >= 0.6 is 0 Å². The smallest absolute Gasteiger partial charge is 0.122 e. The minimum absolute atomic E-state index is 0.757. The highest BCUT2D eigenvalue weighted by atomic mass is 16.5. The lowest BCUT2D eigenvalue weighted by atomic mass is 9.95. The van der Waals surface area contributed by atoms with Gasteiger partial charge in [-0.2, -0.15) is 0 Å². The number of nitrogens with one attached hydrogen (secondary N) is 1. The van der Waals surface area contributed by atoms with E-state index in [0.29, 0.717) is 0 Å². The summed E-state index contributed by atoms with van der Waals surface area (Å²) in [7, 11) is 1.73. The van der Waals surface area contributed by atoms with E-state index >= 15 is 0 Å². The lowest BCUT2D eigenvalue weighted by Gasteiger charge is -2.16. The molecule has 0 fully saturated rings. The number of hydrogen-bond acceptors (Lipinski definition) is 3. The van der Waals surface area contributed by atoms with Gasteiger partial charge in [0.05, 0.1) is 7.11 Å². The van der Waals surface area contributed by atoms with Crippen LogP contribution in [-0.4, -0.2) is 26.7 Å². The molecule has 0 aliphatic heterocycles. The molecule has 0 bridgehead atoms. The number of ether oxygens (including phenoxy) is 1. The Bertz CT molecular complexity index is 389. The molecule has 0 saturated carbocycles. The second-order valence-electron chi connectivity index (χ2n) is 4.77. The third-order valence-corrected chi connectivity index (χ3v) is 3.54. The van der Waals surface area contributed by atoms with Crippen LogP contribution in [0.15, 0.2) is 6.07 Å². The van der Waals surface area contributed by atoms with Crippen LogP contribution in [0.2, 0.25) is 0 Å². The highest BCUT2D eigenvalue weighted by Gasteiger charge is 2.10. The van der Waals surface area contributed by atoms with E-state index in [9.17, 15) is 0 Å². The van der Waals surface area contributed by atoms with Crippen molar-refractivity contribution in [2.45, 2.75) is 33.6 Å². The highest BCUT2D eigenvalue weighted by Crippen LogP contribution is 2.27. The maximum atomic E-state index is 5.47. The summed E-state index contributed by atoms with van der Waals surface area (Å²) in [5.41, 5.74) is 10.8. The van der Waals surface area contributed by atoms with Crippen molar-refractivity contribution in [3.05, 3.63) is 28.3 Å². The van der Waals surface area contributed by atoms with Gasteiger partial charge < -0.3 is 15.8 Å². The van der Waals surface area contributed by atoms with Crippen LogP contribution in [-0.2, 0) is 6.42 Å². The van der Waals surface area contributed by atoms with E-state index in [4.69, 9.17) is 10.5 Å². The first kappa shape index (κ1) is 15.0. The minimum atomic E-state index is 0.757. The number of rotatable bonds is 7. The normalized spacial score (nSPS) is 10.7. The molecule has 1 rings (SSSR count). The molecule has 3 nitrogen and oxygen atoms in total. The Kier molecular flexibility index (Phi) is 6.16. The first-order valence-electron chi connectivity index (χ1n) is 6.66. The highest BCUT2D eigenvalue weighted by molar-refractivity contribution is 5.48. The van der Waals surface area contributed by atoms with Crippen LogP contribution in [0, 0.1) is 20.8 Å². The lowest BCUT2D eigenvalue weighted by Crippen LogP contribution is -2.21. The van der Waals surface area contributed by atoms with Gasteiger partial charge >= 0.3 is 0 Å². The summed E-state index contributed by atoms with van der Waals surface area (Å²) in [6.45, 7) is 9.23. The van der Waals surface area contributed by atoms with E-state index in [1.165, 1.54) is 22.3 Å². The van der Waals surface area contributed by atoms with E-state index in [2.05, 4.69) is 32.2 Å². The number of hydrogen-bond donors (Lipinski definition) is 2. The predicted molar refractivity (Wildman–Crippen MR) is 77.5 cm³/mol. The molecule has 0 aromatic heterocycles. The van der Waals surface area contributed by atoms with Crippen molar-refractivity contribution in [2.24, 2.45) is 5.73 Å². The van der Waals surface area contributed by atoms with Crippen molar-refractivity contribution in [1.82, 2.24) is 5.32 Å². The quantitative estimate of drug-likeness (QED) is 0.729. The first-order chi connectivity index (χ1) is 8.61. The summed E-state index contributed by atoms with van der Waals surface area (Å²) in [6.07, 6.45) is 2.10. The van der Waals surface area contributed by atoms with Crippen molar-refractivity contribution >= 4 is 0 Å². The molecular weight excluding hydrogens is 224 g/mol. The maximum Gasteiger partial charge on any atom is 0.122 e. The Labute approximate surface area is 111 Å². The number of methoxy groups -OCH3 is 1. The zero-order valence-corrected chi connectivity index (χ0v) is 12.1. The van der Waals surface area contributed by atoms with Crippen molar-refractivity contribution in [3.8, 4) is 5.75 Å². The summed E-state index contributed by atoms with van der Waals surface area (Å²) in [5.74, 6) is 0.991. The molecule has 0 atom stereocenters. The van der Waals surface area contributed by atoms with Gasteiger partial charge in [-0.1, -0.05) is 0 Å². The average Bonchev–Trinajstić information content (AvgIpc) is 2.37. The maximum absolute atomic E-state index is 5.47. The standard InChI is InChI=1S/C15H26N2O/c1-11-10-15(18-4)13(3)12(2)14(11)6-9-17-8-5-7-16/h10,17H,5-9,16H2,1-4H3. The molecule has 0 heterocycles. The fourth-order valence-electron chi connectivity index (χ4n) is 2.26. The molecule has 1 aromatic carbocycles. The van der Waals surface area contributed by atoms with Gasteiger partial charge in [-0.15, -0.1) is 0 Å². The summed E-state index contributed by atoms with van der Waals surface area (Å²) >= 11 is 0. The molecule has 18 heavy (non-hydrogen) atoms.